The monoisotopic (exact) mass is 947 g/mol. The molecule has 0 rings (SSSR count). The summed E-state index contributed by atoms with van der Waals surface area (Å²) in [5.74, 6) is 0.887. The normalized spacial score (nSPS) is 12.4. The van der Waals surface area contributed by atoms with E-state index in [4.69, 9.17) is 14.2 Å². The summed E-state index contributed by atoms with van der Waals surface area (Å²) in [6.45, 7) is 11.5. The van der Waals surface area contributed by atoms with Gasteiger partial charge < -0.3 is 14.2 Å². The number of hydrogen-bond donors (Lipinski definition) is 0. The van der Waals surface area contributed by atoms with E-state index >= 15 is 0 Å². The van der Waals surface area contributed by atoms with Gasteiger partial charge in [-0.2, -0.15) is 0 Å². The van der Waals surface area contributed by atoms with Crippen molar-refractivity contribution in [1.29, 1.82) is 0 Å². The second kappa shape index (κ2) is 53.8. The molecule has 0 bridgehead atoms. The number of carbonyl (C=O) groups excluding carboxylic acids is 3. The van der Waals surface area contributed by atoms with Crippen molar-refractivity contribution < 1.29 is 28.6 Å². The molecule has 0 radical (unpaired) electrons. The van der Waals surface area contributed by atoms with E-state index in [1.807, 2.05) is 0 Å². The Labute approximate surface area is 418 Å². The maximum Gasteiger partial charge on any atom is 0.306 e. The molecule has 0 aromatic rings. The summed E-state index contributed by atoms with van der Waals surface area (Å²) in [6.07, 6.45) is 58.0. The second-order valence-electron chi connectivity index (χ2n) is 21.7. The van der Waals surface area contributed by atoms with Crippen molar-refractivity contribution in [2.24, 2.45) is 11.8 Å². The molecule has 1 unspecified atom stereocenters. The van der Waals surface area contributed by atoms with Crippen LogP contribution in [-0.4, -0.2) is 37.2 Å². The van der Waals surface area contributed by atoms with Gasteiger partial charge in [0, 0.05) is 19.3 Å². The summed E-state index contributed by atoms with van der Waals surface area (Å²) in [5, 5.41) is 0. The minimum atomic E-state index is -0.763. The molecule has 6 nitrogen and oxygen atoms in total. The zero-order chi connectivity index (χ0) is 48.9. The fraction of sp³-hybridized carbons (Fsp3) is 0.951. The number of carbonyl (C=O) groups is 3. The van der Waals surface area contributed by atoms with Crippen LogP contribution in [0.25, 0.3) is 0 Å². The van der Waals surface area contributed by atoms with E-state index in [1.165, 1.54) is 231 Å². The summed E-state index contributed by atoms with van der Waals surface area (Å²) >= 11 is 0. The summed E-state index contributed by atoms with van der Waals surface area (Å²) < 4.78 is 16.9. The van der Waals surface area contributed by atoms with E-state index in [2.05, 4.69) is 34.6 Å². The van der Waals surface area contributed by atoms with Crippen LogP contribution in [0.3, 0.4) is 0 Å². The molecule has 0 aliphatic rings. The van der Waals surface area contributed by atoms with Gasteiger partial charge in [0.25, 0.3) is 0 Å². The van der Waals surface area contributed by atoms with Crippen LogP contribution in [0.4, 0.5) is 0 Å². The topological polar surface area (TPSA) is 78.9 Å². The Morgan fingerprint density at radius 1 is 0.313 bits per heavy atom. The third-order valence-corrected chi connectivity index (χ3v) is 14.3. The van der Waals surface area contributed by atoms with Crippen LogP contribution >= 0.6 is 0 Å². The van der Waals surface area contributed by atoms with E-state index in [0.29, 0.717) is 19.3 Å². The van der Waals surface area contributed by atoms with E-state index in [0.717, 1.165) is 69.6 Å². The van der Waals surface area contributed by atoms with Crippen LogP contribution in [0.15, 0.2) is 0 Å². The van der Waals surface area contributed by atoms with Gasteiger partial charge in [0.2, 0.25) is 0 Å². The van der Waals surface area contributed by atoms with Crippen LogP contribution in [0.1, 0.15) is 343 Å². The van der Waals surface area contributed by atoms with Gasteiger partial charge >= 0.3 is 17.9 Å². The van der Waals surface area contributed by atoms with Gasteiger partial charge in [-0.1, -0.05) is 304 Å². The molecular weight excluding hydrogens is 829 g/mol. The van der Waals surface area contributed by atoms with Gasteiger partial charge in [-0.15, -0.1) is 0 Å². The average Bonchev–Trinajstić information content (AvgIpc) is 3.31. The van der Waals surface area contributed by atoms with Gasteiger partial charge in [-0.25, -0.2) is 0 Å². The lowest BCUT2D eigenvalue weighted by molar-refractivity contribution is -0.167. The van der Waals surface area contributed by atoms with Crippen LogP contribution in [0.5, 0.6) is 0 Å². The predicted molar refractivity (Wildman–Crippen MR) is 289 cm³/mol. The van der Waals surface area contributed by atoms with Gasteiger partial charge in [-0.3, -0.25) is 14.4 Å². The predicted octanol–water partition coefficient (Wildman–Crippen LogP) is 20.0. The second-order valence-corrected chi connectivity index (χ2v) is 21.7. The molecule has 0 fully saturated rings. The van der Waals surface area contributed by atoms with Crippen LogP contribution < -0.4 is 0 Å². The van der Waals surface area contributed by atoms with Crippen molar-refractivity contribution in [2.45, 2.75) is 349 Å². The molecule has 67 heavy (non-hydrogen) atoms. The molecule has 0 N–H and O–H groups in total. The van der Waals surface area contributed by atoms with Crippen molar-refractivity contribution >= 4 is 17.9 Å². The first-order chi connectivity index (χ1) is 32.8. The number of hydrogen-bond acceptors (Lipinski definition) is 6. The Balaban J connectivity index is 4.29. The lowest BCUT2D eigenvalue weighted by atomic mass is 9.99. The molecule has 0 aliphatic heterocycles. The van der Waals surface area contributed by atoms with Gasteiger partial charge in [-0.05, 0) is 31.1 Å². The minimum Gasteiger partial charge on any atom is -0.462 e. The summed E-state index contributed by atoms with van der Waals surface area (Å²) in [6, 6.07) is 0. The van der Waals surface area contributed by atoms with E-state index in [9.17, 15) is 14.4 Å². The van der Waals surface area contributed by atoms with E-state index in [-0.39, 0.29) is 31.1 Å². The van der Waals surface area contributed by atoms with Crippen molar-refractivity contribution in [1.82, 2.24) is 0 Å². The molecule has 0 aromatic carbocycles. The van der Waals surface area contributed by atoms with Crippen molar-refractivity contribution in [3.05, 3.63) is 0 Å². The molecule has 0 aliphatic carbocycles. The third kappa shape index (κ3) is 53.6. The maximum absolute atomic E-state index is 12.9. The Bertz CT molecular complexity index is 1030. The molecule has 0 spiro atoms. The zero-order valence-electron chi connectivity index (χ0n) is 46.0. The summed E-state index contributed by atoms with van der Waals surface area (Å²) in [7, 11) is 0. The zero-order valence-corrected chi connectivity index (χ0v) is 46.0. The minimum absolute atomic E-state index is 0.0624. The van der Waals surface area contributed by atoms with Gasteiger partial charge in [0.15, 0.2) is 6.10 Å². The smallest absolute Gasteiger partial charge is 0.306 e. The highest BCUT2D eigenvalue weighted by Gasteiger charge is 2.19. The Morgan fingerprint density at radius 3 is 0.851 bits per heavy atom. The molecule has 398 valence electrons. The van der Waals surface area contributed by atoms with Gasteiger partial charge in [0.05, 0.1) is 0 Å². The Morgan fingerprint density at radius 2 is 0.567 bits per heavy atom. The third-order valence-electron chi connectivity index (χ3n) is 14.3. The first kappa shape index (κ1) is 65.4. The van der Waals surface area contributed by atoms with Crippen LogP contribution in [0, 0.1) is 11.8 Å². The molecule has 0 saturated heterocycles. The van der Waals surface area contributed by atoms with E-state index < -0.39 is 6.10 Å². The molecular formula is C61H118O6. The standard InChI is InChI=1S/C61H118O6/c1-6-8-9-10-11-12-13-14-15-16-17-22-27-33-38-43-48-53-61(64)67-58(55-66-60(63)52-47-42-37-32-28-23-24-29-34-39-44-49-56(3)4)54-65-59(62)51-46-41-36-31-26-21-19-18-20-25-30-35-40-45-50-57(5)7-2/h56-58H,6-55H2,1-5H3/t57?,58-/m0/s1. The number of ether oxygens (including phenoxy) is 3. The number of unbranched alkanes of at least 4 members (excludes halogenated alkanes) is 39. The highest BCUT2D eigenvalue weighted by atomic mass is 16.6. The molecule has 0 heterocycles. The van der Waals surface area contributed by atoms with Gasteiger partial charge in [0.1, 0.15) is 13.2 Å². The molecule has 0 amide bonds. The molecule has 0 aromatic heterocycles. The first-order valence-corrected chi connectivity index (χ1v) is 30.3. The number of rotatable bonds is 55. The summed E-state index contributed by atoms with van der Waals surface area (Å²) in [5.41, 5.74) is 0. The molecule has 0 saturated carbocycles. The highest BCUT2D eigenvalue weighted by Crippen LogP contribution is 2.19. The molecule has 2 atom stereocenters. The Kier molecular flexibility index (Phi) is 52.5. The quantitative estimate of drug-likeness (QED) is 0.0343. The summed E-state index contributed by atoms with van der Waals surface area (Å²) in [4.78, 5) is 38.2. The largest absolute Gasteiger partial charge is 0.462 e. The molecule has 6 heteroatoms. The van der Waals surface area contributed by atoms with E-state index in [1.54, 1.807) is 0 Å². The Hall–Kier alpha value is -1.59. The lowest BCUT2D eigenvalue weighted by Crippen LogP contribution is -2.30. The SMILES string of the molecule is CCCCCCCCCCCCCCCCCCCC(=O)O[C@@H](COC(=O)CCCCCCCCCCCCCCCCC(C)CC)COC(=O)CCCCCCCCCCCCCC(C)C. The number of esters is 3. The van der Waals surface area contributed by atoms with Crippen molar-refractivity contribution in [3.8, 4) is 0 Å². The first-order valence-electron chi connectivity index (χ1n) is 30.3. The fourth-order valence-electron chi connectivity index (χ4n) is 9.37. The average molecular weight is 948 g/mol. The highest BCUT2D eigenvalue weighted by molar-refractivity contribution is 5.71. The van der Waals surface area contributed by atoms with Crippen molar-refractivity contribution in [2.75, 3.05) is 13.2 Å². The van der Waals surface area contributed by atoms with Crippen molar-refractivity contribution in [3.63, 3.8) is 0 Å². The lowest BCUT2D eigenvalue weighted by Gasteiger charge is -2.18. The fourth-order valence-corrected chi connectivity index (χ4v) is 9.37. The van der Waals surface area contributed by atoms with Crippen LogP contribution in [0.2, 0.25) is 0 Å². The van der Waals surface area contributed by atoms with Crippen LogP contribution in [-0.2, 0) is 28.6 Å². The maximum atomic E-state index is 12.9.